The molecule has 1 aromatic heterocycles. The molecule has 1 N–H and O–H groups in total. The van der Waals surface area contributed by atoms with Crippen LogP contribution in [0.5, 0.6) is 0 Å². The van der Waals surface area contributed by atoms with Gasteiger partial charge in [-0.1, -0.05) is 6.08 Å². The summed E-state index contributed by atoms with van der Waals surface area (Å²) in [5.74, 6) is -0.0982. The first kappa shape index (κ1) is 9.79. The molecule has 0 bridgehead atoms. The van der Waals surface area contributed by atoms with Gasteiger partial charge in [0.25, 0.3) is 0 Å². The molecule has 0 radical (unpaired) electrons. The molecule has 15 heavy (non-hydrogen) atoms. The van der Waals surface area contributed by atoms with Crippen LogP contribution in [0.4, 0.5) is 5.82 Å². The van der Waals surface area contributed by atoms with E-state index in [4.69, 9.17) is 0 Å². The number of hydrogen-bond donors (Lipinski definition) is 1. The number of nitrogens with one attached hydrogen (secondary N) is 1. The third kappa shape index (κ3) is 2.19. The monoisotopic (exact) mass is 205 g/mol. The SMILES string of the molecule is O=[N+]([O-])c1cccc(C2=CCCNC2)n1. The number of pyridine rings is 1. The summed E-state index contributed by atoms with van der Waals surface area (Å²) in [6.07, 6.45) is 3.02. The van der Waals surface area contributed by atoms with Crippen LogP contribution in [0.15, 0.2) is 24.3 Å². The van der Waals surface area contributed by atoms with Crippen molar-refractivity contribution < 1.29 is 4.92 Å². The molecule has 0 fully saturated rings. The van der Waals surface area contributed by atoms with Crippen LogP contribution in [0.2, 0.25) is 0 Å². The van der Waals surface area contributed by atoms with Gasteiger partial charge in [-0.2, -0.15) is 0 Å². The molecule has 0 unspecified atom stereocenters. The third-order valence-electron chi connectivity index (χ3n) is 2.28. The maximum absolute atomic E-state index is 10.5. The van der Waals surface area contributed by atoms with Crippen LogP contribution >= 0.6 is 0 Å². The van der Waals surface area contributed by atoms with Crippen molar-refractivity contribution in [3.05, 3.63) is 40.1 Å². The molecule has 1 aliphatic rings. The molecular weight excluding hydrogens is 194 g/mol. The highest BCUT2D eigenvalue weighted by Gasteiger charge is 2.14. The van der Waals surface area contributed by atoms with Crippen LogP contribution in [-0.2, 0) is 0 Å². The van der Waals surface area contributed by atoms with Gasteiger partial charge in [-0.3, -0.25) is 0 Å². The first-order valence-corrected chi connectivity index (χ1v) is 4.79. The predicted octanol–water partition coefficient (Wildman–Crippen LogP) is 1.37. The van der Waals surface area contributed by atoms with Gasteiger partial charge in [0, 0.05) is 18.2 Å². The summed E-state index contributed by atoms with van der Waals surface area (Å²) in [7, 11) is 0. The second kappa shape index (κ2) is 4.18. The van der Waals surface area contributed by atoms with Crippen molar-refractivity contribution in [2.24, 2.45) is 0 Å². The van der Waals surface area contributed by atoms with E-state index in [2.05, 4.69) is 16.4 Å². The molecule has 0 saturated heterocycles. The molecule has 5 heteroatoms. The summed E-state index contributed by atoms with van der Waals surface area (Å²) in [4.78, 5) is 14.1. The minimum absolute atomic E-state index is 0.0982. The Bertz CT molecular complexity index is 415. The number of nitro groups is 1. The first-order valence-electron chi connectivity index (χ1n) is 4.79. The van der Waals surface area contributed by atoms with Crippen molar-refractivity contribution >= 4 is 11.4 Å². The van der Waals surface area contributed by atoms with E-state index in [9.17, 15) is 10.1 Å². The lowest BCUT2D eigenvalue weighted by Gasteiger charge is -2.11. The molecule has 0 saturated carbocycles. The highest BCUT2D eigenvalue weighted by Crippen LogP contribution is 2.17. The summed E-state index contributed by atoms with van der Waals surface area (Å²) in [5, 5.41) is 13.7. The fourth-order valence-electron chi connectivity index (χ4n) is 1.54. The van der Waals surface area contributed by atoms with Gasteiger partial charge in [0.15, 0.2) is 5.69 Å². The van der Waals surface area contributed by atoms with Crippen LogP contribution in [-0.4, -0.2) is 23.0 Å². The summed E-state index contributed by atoms with van der Waals surface area (Å²) in [5.41, 5.74) is 1.72. The van der Waals surface area contributed by atoms with Gasteiger partial charge in [-0.15, -0.1) is 0 Å². The van der Waals surface area contributed by atoms with E-state index in [1.165, 1.54) is 6.07 Å². The van der Waals surface area contributed by atoms with E-state index in [0.29, 0.717) is 5.69 Å². The van der Waals surface area contributed by atoms with Crippen molar-refractivity contribution in [2.75, 3.05) is 13.1 Å². The zero-order chi connectivity index (χ0) is 10.7. The average Bonchev–Trinajstić information content (AvgIpc) is 2.30. The Morgan fingerprint density at radius 3 is 3.00 bits per heavy atom. The molecule has 0 amide bonds. The highest BCUT2D eigenvalue weighted by molar-refractivity contribution is 5.65. The number of nitrogens with zero attached hydrogens (tertiary/aromatic N) is 2. The second-order valence-corrected chi connectivity index (χ2v) is 3.33. The van der Waals surface area contributed by atoms with Gasteiger partial charge in [-0.25, -0.2) is 0 Å². The van der Waals surface area contributed by atoms with Crippen molar-refractivity contribution in [3.63, 3.8) is 0 Å². The molecule has 5 nitrogen and oxygen atoms in total. The lowest BCUT2D eigenvalue weighted by atomic mass is 10.1. The Kier molecular flexibility index (Phi) is 2.73. The van der Waals surface area contributed by atoms with Crippen molar-refractivity contribution in [1.82, 2.24) is 10.3 Å². The molecule has 1 aromatic rings. The zero-order valence-corrected chi connectivity index (χ0v) is 8.14. The fourth-order valence-corrected chi connectivity index (χ4v) is 1.54. The van der Waals surface area contributed by atoms with Gasteiger partial charge in [-0.05, 0) is 35.0 Å². The summed E-state index contributed by atoms with van der Waals surface area (Å²) in [6, 6.07) is 4.86. The van der Waals surface area contributed by atoms with E-state index in [1.54, 1.807) is 12.1 Å². The van der Waals surface area contributed by atoms with E-state index in [1.807, 2.05) is 0 Å². The van der Waals surface area contributed by atoms with Gasteiger partial charge in [0.1, 0.15) is 0 Å². The average molecular weight is 205 g/mol. The van der Waals surface area contributed by atoms with Crippen molar-refractivity contribution in [2.45, 2.75) is 6.42 Å². The molecule has 2 heterocycles. The molecule has 0 atom stereocenters. The van der Waals surface area contributed by atoms with Crippen LogP contribution in [0.25, 0.3) is 5.57 Å². The van der Waals surface area contributed by atoms with Crippen LogP contribution in [0.3, 0.4) is 0 Å². The van der Waals surface area contributed by atoms with E-state index in [0.717, 1.165) is 25.1 Å². The third-order valence-corrected chi connectivity index (χ3v) is 2.28. The van der Waals surface area contributed by atoms with Crippen molar-refractivity contribution in [3.8, 4) is 0 Å². The van der Waals surface area contributed by atoms with Gasteiger partial charge >= 0.3 is 5.82 Å². The number of rotatable bonds is 2. The van der Waals surface area contributed by atoms with Crippen LogP contribution < -0.4 is 5.32 Å². The van der Waals surface area contributed by atoms with Crippen LogP contribution in [0, 0.1) is 10.1 Å². The Morgan fingerprint density at radius 2 is 2.33 bits per heavy atom. The van der Waals surface area contributed by atoms with Gasteiger partial charge in [0.05, 0.1) is 0 Å². The Hall–Kier alpha value is -1.75. The Morgan fingerprint density at radius 1 is 1.47 bits per heavy atom. The quantitative estimate of drug-likeness (QED) is 0.584. The molecule has 78 valence electrons. The molecular formula is C10H11N3O2. The van der Waals surface area contributed by atoms with Gasteiger partial charge < -0.3 is 15.4 Å². The van der Waals surface area contributed by atoms with Crippen LogP contribution in [0.1, 0.15) is 12.1 Å². The molecule has 1 aliphatic heterocycles. The maximum Gasteiger partial charge on any atom is 0.364 e. The summed E-state index contributed by atoms with van der Waals surface area (Å²) in [6.45, 7) is 1.69. The lowest BCUT2D eigenvalue weighted by Crippen LogP contribution is -2.21. The molecule has 0 aliphatic carbocycles. The minimum atomic E-state index is -0.472. The standard InChI is InChI=1S/C10H11N3O2/c14-13(15)10-5-1-4-9(12-10)8-3-2-6-11-7-8/h1,3-5,11H,2,6-7H2. The topological polar surface area (TPSA) is 68.1 Å². The first-order chi connectivity index (χ1) is 7.27. The summed E-state index contributed by atoms with van der Waals surface area (Å²) < 4.78 is 0. The second-order valence-electron chi connectivity index (χ2n) is 3.33. The van der Waals surface area contributed by atoms with E-state index < -0.39 is 4.92 Å². The predicted molar refractivity (Wildman–Crippen MR) is 56.4 cm³/mol. The Labute approximate surface area is 87.0 Å². The maximum atomic E-state index is 10.5. The zero-order valence-electron chi connectivity index (χ0n) is 8.14. The molecule has 0 spiro atoms. The Balaban J connectivity index is 2.31. The highest BCUT2D eigenvalue weighted by atomic mass is 16.6. The minimum Gasteiger partial charge on any atom is -0.358 e. The molecule has 2 rings (SSSR count). The molecule has 0 aromatic carbocycles. The van der Waals surface area contributed by atoms with E-state index >= 15 is 0 Å². The number of hydrogen-bond acceptors (Lipinski definition) is 4. The van der Waals surface area contributed by atoms with Crippen molar-refractivity contribution in [1.29, 1.82) is 0 Å². The number of aromatic nitrogens is 1. The van der Waals surface area contributed by atoms with Gasteiger partial charge in [0.2, 0.25) is 0 Å². The lowest BCUT2D eigenvalue weighted by molar-refractivity contribution is -0.389. The largest absolute Gasteiger partial charge is 0.364 e. The smallest absolute Gasteiger partial charge is 0.358 e. The normalized spacial score (nSPS) is 15.9. The fraction of sp³-hybridized carbons (Fsp3) is 0.300. The summed E-state index contributed by atoms with van der Waals surface area (Å²) >= 11 is 0. The van der Waals surface area contributed by atoms with E-state index in [-0.39, 0.29) is 5.82 Å².